The largest absolute Gasteiger partial charge is 1.00 e. The van der Waals surface area contributed by atoms with E-state index in [9.17, 15) is 25.9 Å². The molecule has 30 heavy (non-hydrogen) atoms. The SMILES string of the molecule is O=S(=O)([O-])/C=C/C12OOC(/C=C/S(=O)(=O)[O-])(c3ccccc31)c1ccccc12.[Na+].[Na+]. The van der Waals surface area contributed by atoms with E-state index in [0.29, 0.717) is 33.1 Å². The third kappa shape index (κ3) is 4.42. The van der Waals surface area contributed by atoms with Gasteiger partial charge in [-0.1, -0.05) is 48.5 Å². The molecule has 146 valence electrons. The molecule has 0 spiro atoms. The zero-order valence-corrected chi connectivity index (χ0v) is 21.6. The zero-order chi connectivity index (χ0) is 20.2. The van der Waals surface area contributed by atoms with Gasteiger partial charge in [0.25, 0.3) is 0 Å². The van der Waals surface area contributed by atoms with Crippen LogP contribution in [0.25, 0.3) is 0 Å². The van der Waals surface area contributed by atoms with Gasteiger partial charge in [0.15, 0.2) is 11.2 Å². The summed E-state index contributed by atoms with van der Waals surface area (Å²) >= 11 is 0. The number of hydrogen-bond donors (Lipinski definition) is 0. The second kappa shape index (κ2) is 8.89. The summed E-state index contributed by atoms with van der Waals surface area (Å²) in [6.45, 7) is 0. The van der Waals surface area contributed by atoms with E-state index in [1.54, 1.807) is 48.5 Å². The Morgan fingerprint density at radius 2 is 0.900 bits per heavy atom. The molecule has 8 nitrogen and oxygen atoms in total. The van der Waals surface area contributed by atoms with Gasteiger partial charge >= 0.3 is 59.1 Å². The van der Waals surface area contributed by atoms with E-state index in [-0.39, 0.29) is 59.1 Å². The summed E-state index contributed by atoms with van der Waals surface area (Å²) < 4.78 is 67.2. The summed E-state index contributed by atoms with van der Waals surface area (Å²) in [7, 11) is -9.41. The first-order valence-electron chi connectivity index (χ1n) is 7.95. The Bertz CT molecular complexity index is 1090. The number of hydrogen-bond acceptors (Lipinski definition) is 8. The van der Waals surface area contributed by atoms with Gasteiger partial charge in [-0.3, -0.25) is 0 Å². The average Bonchev–Trinajstić information content (AvgIpc) is 2.65. The van der Waals surface area contributed by atoms with Crippen LogP contribution < -0.4 is 59.1 Å². The molecule has 2 bridgehead atoms. The Kier molecular flexibility index (Phi) is 7.68. The van der Waals surface area contributed by atoms with Crippen molar-refractivity contribution in [2.24, 2.45) is 0 Å². The van der Waals surface area contributed by atoms with Crippen LogP contribution in [0, 0.1) is 0 Å². The van der Waals surface area contributed by atoms with Gasteiger partial charge in [0.1, 0.15) is 20.2 Å². The van der Waals surface area contributed by atoms with E-state index >= 15 is 0 Å². The van der Waals surface area contributed by atoms with E-state index in [1.165, 1.54) is 0 Å². The van der Waals surface area contributed by atoms with E-state index < -0.39 is 31.4 Å². The van der Waals surface area contributed by atoms with Crippen molar-refractivity contribution in [2.45, 2.75) is 11.2 Å². The molecule has 3 aliphatic rings. The molecule has 12 heteroatoms. The summed E-state index contributed by atoms with van der Waals surface area (Å²) in [4.78, 5) is 11.1. The predicted octanol–water partition coefficient (Wildman–Crippen LogP) is -4.43. The molecular formula is C18H12Na2O8S2. The fourth-order valence-electron chi connectivity index (χ4n) is 3.64. The standard InChI is InChI=1S/C18H14O8S2.2Na/c19-27(20,21)11-9-17-13-5-1-2-6-14(13)18(26-25-17,10-12-28(22,23)24)16-8-4-3-7-15(16)17;;/h1-12H,(H,19,20,21)(H,22,23,24);;/q;2*+1/p-2/b11-9+,12-10+;;. The van der Waals surface area contributed by atoms with Gasteiger partial charge in [0.05, 0.1) is 0 Å². The summed E-state index contributed by atoms with van der Waals surface area (Å²) in [6.07, 6.45) is 2.17. The minimum Gasteiger partial charge on any atom is -0.744 e. The Morgan fingerprint density at radius 3 is 1.13 bits per heavy atom. The Balaban J connectivity index is 0.00000160. The maximum Gasteiger partial charge on any atom is 1.00 e. The first-order valence-corrected chi connectivity index (χ1v) is 10.9. The molecule has 5 rings (SSSR count). The van der Waals surface area contributed by atoms with E-state index in [2.05, 4.69) is 0 Å². The van der Waals surface area contributed by atoms with Crippen LogP contribution in [-0.2, 0) is 41.2 Å². The average molecular weight is 466 g/mol. The Labute approximate surface area is 218 Å². The Hall–Kier alpha value is -0.340. The van der Waals surface area contributed by atoms with Crippen molar-refractivity contribution in [1.82, 2.24) is 0 Å². The molecule has 2 aromatic rings. The maximum absolute atomic E-state index is 11.2. The molecule has 0 unspecified atom stereocenters. The molecule has 2 aliphatic heterocycles. The van der Waals surface area contributed by atoms with Gasteiger partial charge in [-0.2, -0.15) is 0 Å². The first-order chi connectivity index (χ1) is 13.1. The minimum absolute atomic E-state index is 0. The smallest absolute Gasteiger partial charge is 0.744 e. The molecular weight excluding hydrogens is 454 g/mol. The summed E-state index contributed by atoms with van der Waals surface area (Å²) in [5.74, 6) is 0. The second-order valence-electron chi connectivity index (χ2n) is 6.32. The second-order valence-corrected chi connectivity index (χ2v) is 8.84. The molecule has 0 amide bonds. The molecule has 0 fully saturated rings. The number of benzene rings is 2. The zero-order valence-electron chi connectivity index (χ0n) is 16.0. The van der Waals surface area contributed by atoms with Crippen molar-refractivity contribution in [2.75, 3.05) is 0 Å². The van der Waals surface area contributed by atoms with Gasteiger partial charge in [-0.15, -0.1) is 0 Å². The van der Waals surface area contributed by atoms with Crippen LogP contribution in [0.2, 0.25) is 0 Å². The minimum atomic E-state index is -4.71. The van der Waals surface area contributed by atoms with Crippen molar-refractivity contribution < 1.29 is 94.8 Å². The summed E-state index contributed by atoms with van der Waals surface area (Å²) in [6, 6.07) is 13.3. The van der Waals surface area contributed by atoms with Crippen LogP contribution in [0.15, 0.2) is 71.5 Å². The molecule has 0 radical (unpaired) electrons. The van der Waals surface area contributed by atoms with Crippen molar-refractivity contribution in [1.29, 1.82) is 0 Å². The summed E-state index contributed by atoms with van der Waals surface area (Å²) in [5, 5.41) is 0.973. The van der Waals surface area contributed by atoms with Crippen LogP contribution in [0.4, 0.5) is 0 Å². The molecule has 1 aliphatic carbocycles. The van der Waals surface area contributed by atoms with E-state index in [4.69, 9.17) is 9.78 Å². The monoisotopic (exact) mass is 466 g/mol. The fourth-order valence-corrected chi connectivity index (χ4v) is 4.35. The van der Waals surface area contributed by atoms with Crippen LogP contribution in [0.5, 0.6) is 0 Å². The topological polar surface area (TPSA) is 133 Å². The molecule has 0 saturated heterocycles. The molecule has 0 N–H and O–H groups in total. The van der Waals surface area contributed by atoms with Gasteiger partial charge < -0.3 is 9.11 Å². The molecule has 0 aromatic heterocycles. The van der Waals surface area contributed by atoms with Crippen molar-refractivity contribution >= 4 is 20.2 Å². The summed E-state index contributed by atoms with van der Waals surface area (Å²) in [5.41, 5.74) is -1.26. The number of fused-ring (bicyclic) bond motifs is 1. The normalized spacial score (nSPS) is 24.7. The third-order valence-electron chi connectivity index (χ3n) is 4.70. The number of rotatable bonds is 4. The van der Waals surface area contributed by atoms with Gasteiger partial charge in [-0.05, 0) is 12.2 Å². The predicted molar refractivity (Wildman–Crippen MR) is 94.3 cm³/mol. The molecule has 0 saturated carbocycles. The fraction of sp³-hybridized carbons (Fsp3) is 0.111. The van der Waals surface area contributed by atoms with E-state index in [0.717, 1.165) is 12.2 Å². The van der Waals surface area contributed by atoms with Gasteiger partial charge in [0, 0.05) is 33.1 Å². The quantitative estimate of drug-likeness (QED) is 0.251. The molecule has 0 atom stereocenters. The maximum atomic E-state index is 11.2. The Morgan fingerprint density at radius 1 is 0.633 bits per heavy atom. The van der Waals surface area contributed by atoms with Crippen molar-refractivity contribution in [3.05, 3.63) is 93.8 Å². The first kappa shape index (κ1) is 25.9. The van der Waals surface area contributed by atoms with Crippen LogP contribution >= 0.6 is 0 Å². The van der Waals surface area contributed by atoms with Crippen molar-refractivity contribution in [3.63, 3.8) is 0 Å². The third-order valence-corrected chi connectivity index (χ3v) is 5.64. The van der Waals surface area contributed by atoms with Crippen LogP contribution in [0.3, 0.4) is 0 Å². The van der Waals surface area contributed by atoms with Crippen LogP contribution in [0.1, 0.15) is 22.3 Å². The van der Waals surface area contributed by atoms with E-state index in [1.807, 2.05) is 0 Å². The molecule has 2 aromatic carbocycles. The molecule has 2 heterocycles. The van der Waals surface area contributed by atoms with Crippen LogP contribution in [-0.4, -0.2) is 25.9 Å². The van der Waals surface area contributed by atoms with Gasteiger partial charge in [0.2, 0.25) is 0 Å². The van der Waals surface area contributed by atoms with Crippen molar-refractivity contribution in [3.8, 4) is 0 Å². The van der Waals surface area contributed by atoms with Gasteiger partial charge in [-0.25, -0.2) is 26.6 Å².